The number of nitrogens with two attached hydrogens (primary N) is 1. The van der Waals surface area contributed by atoms with Crippen LogP contribution in [0.4, 0.5) is 0 Å². The topological polar surface area (TPSA) is 130 Å². The van der Waals surface area contributed by atoms with Gasteiger partial charge in [0.2, 0.25) is 5.91 Å². The van der Waals surface area contributed by atoms with E-state index in [0.29, 0.717) is 19.0 Å². The van der Waals surface area contributed by atoms with E-state index in [0.717, 1.165) is 12.8 Å². The summed E-state index contributed by atoms with van der Waals surface area (Å²) >= 11 is 0. The van der Waals surface area contributed by atoms with E-state index in [1.807, 2.05) is 6.92 Å². The molecule has 0 saturated carbocycles. The Morgan fingerprint density at radius 3 is 2.40 bits per heavy atom. The molecule has 1 amide bonds. The Labute approximate surface area is 118 Å². The van der Waals surface area contributed by atoms with Gasteiger partial charge in [0.15, 0.2) is 0 Å². The van der Waals surface area contributed by atoms with Crippen LogP contribution in [0.2, 0.25) is 0 Å². The number of piperidine rings is 1. The molecule has 1 atom stereocenters. The van der Waals surface area contributed by atoms with Gasteiger partial charge in [0.1, 0.15) is 6.04 Å². The normalized spacial score (nSPS) is 19.6. The minimum atomic E-state index is -3.85. The van der Waals surface area contributed by atoms with Crippen molar-refractivity contribution in [2.24, 2.45) is 11.7 Å². The van der Waals surface area contributed by atoms with Crippen LogP contribution in [0, 0.1) is 5.92 Å². The maximum atomic E-state index is 12.1. The van der Waals surface area contributed by atoms with Crippen LogP contribution >= 0.6 is 0 Å². The summed E-state index contributed by atoms with van der Waals surface area (Å²) in [6.07, 6.45) is 1.16. The van der Waals surface area contributed by atoms with Crippen LogP contribution in [0.1, 0.15) is 32.6 Å². The van der Waals surface area contributed by atoms with Gasteiger partial charge in [-0.3, -0.25) is 9.59 Å². The highest BCUT2D eigenvalue weighted by Crippen LogP contribution is 2.18. The molecule has 1 aliphatic heterocycles. The van der Waals surface area contributed by atoms with E-state index in [1.54, 1.807) is 0 Å². The van der Waals surface area contributed by atoms with Gasteiger partial charge < -0.3 is 10.8 Å². The highest BCUT2D eigenvalue weighted by Gasteiger charge is 2.31. The van der Waals surface area contributed by atoms with Crippen molar-refractivity contribution in [2.45, 2.75) is 38.6 Å². The molecule has 1 fully saturated rings. The Morgan fingerprint density at radius 2 is 1.95 bits per heavy atom. The van der Waals surface area contributed by atoms with Crippen LogP contribution in [0.25, 0.3) is 0 Å². The van der Waals surface area contributed by atoms with Crippen molar-refractivity contribution in [3.8, 4) is 0 Å². The van der Waals surface area contributed by atoms with Crippen molar-refractivity contribution in [1.29, 1.82) is 0 Å². The van der Waals surface area contributed by atoms with Crippen LogP contribution in [-0.2, 0) is 19.8 Å². The van der Waals surface area contributed by atoms with Crippen molar-refractivity contribution in [3.63, 3.8) is 0 Å². The summed E-state index contributed by atoms with van der Waals surface area (Å²) in [5.41, 5.74) is 4.94. The number of primary amides is 1. The molecule has 0 unspecified atom stereocenters. The lowest BCUT2D eigenvalue weighted by molar-refractivity contribution is -0.139. The lowest BCUT2D eigenvalue weighted by atomic mass is 10.0. The van der Waals surface area contributed by atoms with E-state index in [-0.39, 0.29) is 12.8 Å². The average molecular weight is 307 g/mol. The maximum absolute atomic E-state index is 12.1. The molecule has 20 heavy (non-hydrogen) atoms. The molecular weight excluding hydrogens is 286 g/mol. The van der Waals surface area contributed by atoms with Gasteiger partial charge in [0.05, 0.1) is 0 Å². The summed E-state index contributed by atoms with van der Waals surface area (Å²) in [6.45, 7) is 2.79. The van der Waals surface area contributed by atoms with Crippen molar-refractivity contribution in [2.75, 3.05) is 13.1 Å². The summed E-state index contributed by atoms with van der Waals surface area (Å²) in [4.78, 5) is 21.7. The predicted molar refractivity (Wildman–Crippen MR) is 71.9 cm³/mol. The van der Waals surface area contributed by atoms with Crippen LogP contribution in [0.15, 0.2) is 0 Å². The lowest BCUT2D eigenvalue weighted by Crippen LogP contribution is -2.50. The van der Waals surface area contributed by atoms with Crippen molar-refractivity contribution in [3.05, 3.63) is 0 Å². The highest BCUT2D eigenvalue weighted by molar-refractivity contribution is 7.87. The summed E-state index contributed by atoms with van der Waals surface area (Å²) < 4.78 is 27.5. The van der Waals surface area contributed by atoms with Gasteiger partial charge in [0.25, 0.3) is 10.2 Å². The summed E-state index contributed by atoms with van der Waals surface area (Å²) in [7, 11) is -3.85. The van der Waals surface area contributed by atoms with Crippen LogP contribution < -0.4 is 10.5 Å². The Morgan fingerprint density at radius 1 is 1.40 bits per heavy atom. The van der Waals surface area contributed by atoms with E-state index in [4.69, 9.17) is 10.8 Å². The molecule has 1 heterocycles. The molecule has 0 spiro atoms. The Bertz CT molecular complexity index is 457. The number of aliphatic carboxylic acids is 1. The van der Waals surface area contributed by atoms with Gasteiger partial charge in [-0.1, -0.05) is 6.92 Å². The molecule has 0 aromatic carbocycles. The van der Waals surface area contributed by atoms with E-state index in [2.05, 4.69) is 4.72 Å². The Balaban J connectivity index is 2.66. The lowest BCUT2D eigenvalue weighted by Gasteiger charge is -2.30. The van der Waals surface area contributed by atoms with E-state index in [1.165, 1.54) is 4.31 Å². The number of carbonyl (C=O) groups excluding carboxylic acids is 1. The summed E-state index contributed by atoms with van der Waals surface area (Å²) in [5, 5.41) is 8.99. The van der Waals surface area contributed by atoms with Gasteiger partial charge in [0, 0.05) is 19.5 Å². The molecule has 0 radical (unpaired) electrons. The molecule has 8 nitrogen and oxygen atoms in total. The molecular formula is C11H21N3O5S. The number of nitrogens with zero attached hydrogens (tertiary/aromatic N) is 1. The van der Waals surface area contributed by atoms with E-state index in [9.17, 15) is 18.0 Å². The van der Waals surface area contributed by atoms with Crippen LogP contribution in [-0.4, -0.2) is 48.8 Å². The molecule has 0 bridgehead atoms. The van der Waals surface area contributed by atoms with Crippen LogP contribution in [0.3, 0.4) is 0 Å². The van der Waals surface area contributed by atoms with E-state index >= 15 is 0 Å². The number of hydrogen-bond donors (Lipinski definition) is 3. The third-order valence-electron chi connectivity index (χ3n) is 3.35. The van der Waals surface area contributed by atoms with Crippen molar-refractivity contribution < 1.29 is 23.1 Å². The molecule has 0 aromatic heterocycles. The zero-order valence-electron chi connectivity index (χ0n) is 11.4. The van der Waals surface area contributed by atoms with Gasteiger partial charge in [-0.05, 0) is 25.2 Å². The number of amides is 1. The zero-order valence-corrected chi connectivity index (χ0v) is 12.2. The fourth-order valence-corrected chi connectivity index (χ4v) is 3.42. The number of rotatable bonds is 7. The van der Waals surface area contributed by atoms with Gasteiger partial charge in [-0.25, -0.2) is 0 Å². The first-order valence-corrected chi connectivity index (χ1v) is 7.95. The largest absolute Gasteiger partial charge is 0.480 e. The quantitative estimate of drug-likeness (QED) is 0.571. The second-order valence-corrected chi connectivity index (χ2v) is 6.80. The van der Waals surface area contributed by atoms with Crippen molar-refractivity contribution >= 4 is 22.1 Å². The van der Waals surface area contributed by atoms with Gasteiger partial charge in [-0.2, -0.15) is 17.4 Å². The maximum Gasteiger partial charge on any atom is 0.321 e. The average Bonchev–Trinajstić information content (AvgIpc) is 2.34. The first kappa shape index (κ1) is 16.9. The summed E-state index contributed by atoms with van der Waals surface area (Å²) in [6, 6.07) is -1.34. The Kier molecular flexibility index (Phi) is 5.90. The molecule has 9 heteroatoms. The number of hydrogen-bond acceptors (Lipinski definition) is 4. The summed E-state index contributed by atoms with van der Waals surface area (Å²) in [5.74, 6) is -1.52. The third kappa shape index (κ3) is 5.06. The number of carbonyl (C=O) groups is 2. The monoisotopic (exact) mass is 307 g/mol. The van der Waals surface area contributed by atoms with Crippen molar-refractivity contribution in [1.82, 2.24) is 9.03 Å². The zero-order chi connectivity index (χ0) is 15.3. The third-order valence-corrected chi connectivity index (χ3v) is 4.98. The van der Waals surface area contributed by atoms with Crippen LogP contribution in [0.5, 0.6) is 0 Å². The molecule has 116 valence electrons. The molecule has 0 aromatic rings. The molecule has 1 rings (SSSR count). The second-order valence-electron chi connectivity index (χ2n) is 5.10. The molecule has 0 aliphatic carbocycles. The van der Waals surface area contributed by atoms with Gasteiger partial charge >= 0.3 is 5.97 Å². The number of nitrogens with one attached hydrogen (secondary N) is 1. The van der Waals surface area contributed by atoms with Gasteiger partial charge in [-0.15, -0.1) is 0 Å². The first-order valence-electron chi connectivity index (χ1n) is 6.51. The fraction of sp³-hybridized carbons (Fsp3) is 0.818. The SMILES string of the molecule is CC1CCN(S(=O)(=O)N[C@H](CCC(N)=O)C(=O)O)CC1. The van der Waals surface area contributed by atoms with E-state index < -0.39 is 28.1 Å². The minimum Gasteiger partial charge on any atom is -0.480 e. The second kappa shape index (κ2) is 7.00. The standard InChI is InChI=1S/C11H21N3O5S/c1-8-4-6-14(7-5-8)20(18,19)13-9(11(16)17)2-3-10(12)15/h8-9,13H,2-7H2,1H3,(H2,12,15)(H,16,17)/t9-/m1/s1. The highest BCUT2D eigenvalue weighted by atomic mass is 32.2. The molecule has 1 saturated heterocycles. The number of carboxylic acid groups (broad SMARTS) is 1. The smallest absolute Gasteiger partial charge is 0.321 e. The number of carboxylic acids is 1. The minimum absolute atomic E-state index is 0.159. The first-order chi connectivity index (χ1) is 9.22. The molecule has 4 N–H and O–H groups in total. The molecule has 1 aliphatic rings. The Hall–Kier alpha value is -1.19. The predicted octanol–water partition coefficient (Wildman–Crippen LogP) is -0.729. The fourth-order valence-electron chi connectivity index (χ4n) is 2.00.